The molecule has 0 saturated carbocycles. The van der Waals surface area contributed by atoms with E-state index in [-0.39, 0.29) is 38.4 Å². The van der Waals surface area contributed by atoms with Crippen LogP contribution in [-0.2, 0) is 4.79 Å². The van der Waals surface area contributed by atoms with Gasteiger partial charge in [0, 0.05) is 5.56 Å². The molecule has 6 nitrogen and oxygen atoms in total. The van der Waals surface area contributed by atoms with Crippen molar-refractivity contribution < 1.29 is 41.1 Å². The Morgan fingerprint density at radius 3 is 2.24 bits per heavy atom. The Bertz CT molecular complexity index is 1420. The second-order valence-electron chi connectivity index (χ2n) is 6.98. The molecular weight excluding hydrogens is 487 g/mol. The number of benzene rings is 2. The molecule has 174 valence electrons. The fraction of sp³-hybridized carbons (Fsp3) is 0.0455. The molecule has 0 bridgehead atoms. The van der Waals surface area contributed by atoms with Gasteiger partial charge in [-0.25, -0.2) is 26.7 Å². The van der Waals surface area contributed by atoms with Gasteiger partial charge in [-0.2, -0.15) is 10.1 Å². The zero-order valence-corrected chi connectivity index (χ0v) is 17.6. The maximum atomic E-state index is 14.1. The number of rotatable bonds is 4. The van der Waals surface area contributed by atoms with Crippen LogP contribution in [0.1, 0.15) is 23.0 Å². The van der Waals surface area contributed by atoms with E-state index in [9.17, 15) is 31.5 Å². The van der Waals surface area contributed by atoms with Gasteiger partial charge in [0.1, 0.15) is 17.2 Å². The maximum Gasteiger partial charge on any atom is 0.337 e. The summed E-state index contributed by atoms with van der Waals surface area (Å²) in [6, 6.07) is 7.01. The van der Waals surface area contributed by atoms with Gasteiger partial charge in [-0.1, -0.05) is 17.7 Å². The summed E-state index contributed by atoms with van der Waals surface area (Å²) >= 11 is 5.95. The lowest BCUT2D eigenvalue weighted by Gasteiger charge is -2.14. The van der Waals surface area contributed by atoms with Crippen LogP contribution in [0, 0.1) is 29.1 Å². The van der Waals surface area contributed by atoms with Crippen molar-refractivity contribution in [3.63, 3.8) is 0 Å². The molecule has 0 saturated heterocycles. The number of carbonyl (C=O) groups is 2. The van der Waals surface area contributed by atoms with Gasteiger partial charge in [0.2, 0.25) is 5.82 Å². The highest BCUT2D eigenvalue weighted by Gasteiger charge is 2.37. The van der Waals surface area contributed by atoms with E-state index in [4.69, 9.17) is 21.1 Å². The van der Waals surface area contributed by atoms with Gasteiger partial charge in [0.15, 0.2) is 23.3 Å². The first kappa shape index (κ1) is 23.2. The molecule has 34 heavy (non-hydrogen) atoms. The van der Waals surface area contributed by atoms with E-state index >= 15 is 0 Å². The first-order chi connectivity index (χ1) is 16.0. The number of carboxylic acids is 1. The van der Waals surface area contributed by atoms with E-state index in [2.05, 4.69) is 5.10 Å². The highest BCUT2D eigenvalue weighted by atomic mass is 35.5. The van der Waals surface area contributed by atoms with E-state index in [0.717, 1.165) is 0 Å². The Morgan fingerprint density at radius 2 is 1.65 bits per heavy atom. The van der Waals surface area contributed by atoms with Gasteiger partial charge < -0.3 is 9.52 Å². The lowest BCUT2D eigenvalue weighted by molar-refractivity contribution is -0.114. The number of hydrogen-bond acceptors (Lipinski definition) is 4. The first-order valence-corrected chi connectivity index (χ1v) is 9.65. The number of furan rings is 1. The fourth-order valence-electron chi connectivity index (χ4n) is 3.18. The lowest BCUT2D eigenvalue weighted by Crippen LogP contribution is -2.25. The molecule has 2 aromatic carbocycles. The number of nitrogens with zero attached hydrogens (tertiary/aromatic N) is 2. The van der Waals surface area contributed by atoms with Crippen LogP contribution >= 0.6 is 11.6 Å². The molecule has 1 aliphatic rings. The van der Waals surface area contributed by atoms with Crippen molar-refractivity contribution in [2.24, 2.45) is 5.10 Å². The molecule has 12 heteroatoms. The number of amides is 1. The van der Waals surface area contributed by atoms with E-state index in [1.165, 1.54) is 43.3 Å². The molecule has 1 aliphatic heterocycles. The Hall–Kier alpha value is -3.99. The fourth-order valence-corrected chi connectivity index (χ4v) is 3.45. The van der Waals surface area contributed by atoms with Crippen LogP contribution in [0.3, 0.4) is 0 Å². The predicted octanol–water partition coefficient (Wildman–Crippen LogP) is 5.80. The molecule has 2 heterocycles. The predicted molar refractivity (Wildman–Crippen MR) is 111 cm³/mol. The number of carbonyl (C=O) groups excluding carboxylic acids is 1. The summed E-state index contributed by atoms with van der Waals surface area (Å²) in [6.45, 7) is 1.30. The van der Waals surface area contributed by atoms with Crippen LogP contribution in [0.15, 0.2) is 45.4 Å². The Morgan fingerprint density at radius 1 is 1.03 bits per heavy atom. The average Bonchev–Trinajstić information content (AvgIpc) is 3.37. The summed E-state index contributed by atoms with van der Waals surface area (Å²) in [5.41, 5.74) is -1.48. The van der Waals surface area contributed by atoms with Crippen molar-refractivity contribution in [1.29, 1.82) is 0 Å². The van der Waals surface area contributed by atoms with E-state index in [1.54, 1.807) is 0 Å². The number of carboxylic acid groups (broad SMARTS) is 1. The number of aromatic carboxylic acids is 1. The third kappa shape index (κ3) is 3.73. The van der Waals surface area contributed by atoms with Crippen LogP contribution in [0.25, 0.3) is 17.4 Å². The molecule has 0 fully saturated rings. The van der Waals surface area contributed by atoms with Gasteiger partial charge >= 0.3 is 5.97 Å². The van der Waals surface area contributed by atoms with Crippen molar-refractivity contribution in [2.45, 2.75) is 6.92 Å². The largest absolute Gasteiger partial charge is 0.478 e. The van der Waals surface area contributed by atoms with Crippen molar-refractivity contribution in [1.82, 2.24) is 0 Å². The quantitative estimate of drug-likeness (QED) is 0.214. The molecular formula is C22H10ClF5N2O4. The minimum atomic E-state index is -2.36. The van der Waals surface area contributed by atoms with Gasteiger partial charge in [-0.15, -0.1) is 0 Å². The van der Waals surface area contributed by atoms with E-state index < -0.39 is 46.6 Å². The summed E-state index contributed by atoms with van der Waals surface area (Å²) in [5.74, 6) is -13.2. The second kappa shape index (κ2) is 8.41. The minimum absolute atomic E-state index is 0.0336. The van der Waals surface area contributed by atoms with Crippen molar-refractivity contribution in [3.05, 3.63) is 81.3 Å². The monoisotopic (exact) mass is 496 g/mol. The summed E-state index contributed by atoms with van der Waals surface area (Å²) in [6.07, 6.45) is 1.17. The Labute approximate surface area is 192 Å². The van der Waals surface area contributed by atoms with Crippen molar-refractivity contribution >= 4 is 41.0 Å². The van der Waals surface area contributed by atoms with E-state index in [0.29, 0.717) is 5.56 Å². The lowest BCUT2D eigenvalue weighted by atomic mass is 10.1. The van der Waals surface area contributed by atoms with Crippen LogP contribution in [0.4, 0.5) is 27.6 Å². The van der Waals surface area contributed by atoms with Crippen LogP contribution in [0.5, 0.6) is 0 Å². The topological polar surface area (TPSA) is 83.1 Å². The smallest absolute Gasteiger partial charge is 0.337 e. The summed E-state index contributed by atoms with van der Waals surface area (Å²) in [7, 11) is 0. The molecule has 1 N–H and O–H groups in total. The number of anilines is 1. The number of hydrogen-bond donors (Lipinski definition) is 1. The van der Waals surface area contributed by atoms with Gasteiger partial charge in [0.25, 0.3) is 5.91 Å². The second-order valence-corrected chi connectivity index (χ2v) is 7.39. The van der Waals surface area contributed by atoms with Crippen molar-refractivity contribution in [2.75, 3.05) is 5.01 Å². The van der Waals surface area contributed by atoms with Crippen molar-refractivity contribution in [3.8, 4) is 11.3 Å². The van der Waals surface area contributed by atoms with Crippen LogP contribution in [0.2, 0.25) is 5.02 Å². The number of hydrazone groups is 1. The molecule has 0 unspecified atom stereocenters. The summed E-state index contributed by atoms with van der Waals surface area (Å²) in [5, 5.41) is 12.7. The van der Waals surface area contributed by atoms with Gasteiger partial charge in [-0.05, 0) is 37.3 Å². The normalized spacial score (nSPS) is 14.8. The zero-order chi connectivity index (χ0) is 24.9. The minimum Gasteiger partial charge on any atom is -0.478 e. The highest BCUT2D eigenvalue weighted by Crippen LogP contribution is 2.34. The van der Waals surface area contributed by atoms with Gasteiger partial charge in [-0.3, -0.25) is 4.79 Å². The third-order valence-corrected chi connectivity index (χ3v) is 5.17. The highest BCUT2D eigenvalue weighted by molar-refractivity contribution is 6.34. The third-order valence-electron chi connectivity index (χ3n) is 4.86. The van der Waals surface area contributed by atoms with Crippen LogP contribution < -0.4 is 5.01 Å². The average molecular weight is 497 g/mol. The Balaban J connectivity index is 1.68. The summed E-state index contributed by atoms with van der Waals surface area (Å²) in [4.78, 5) is 23.8. The standard InChI is InChI=1S/C22H10ClF5N2O4/c1-8-12(21(31)30(29-8)20-18(27)16(25)15(24)17(26)19(20)28)7-10-3-5-14(34-10)9-2-4-11(22(32)33)13(23)6-9/h2-7H,1H3,(H,32,33)/b12-7+. The summed E-state index contributed by atoms with van der Waals surface area (Å²) < 4.78 is 74.3. The van der Waals surface area contributed by atoms with E-state index in [1.807, 2.05) is 0 Å². The SMILES string of the molecule is CC1=NN(c2c(F)c(F)c(F)c(F)c2F)C(=O)/C1=C/c1ccc(-c2ccc(C(=O)O)c(Cl)c2)o1. The number of halogens is 6. The molecule has 3 aromatic rings. The van der Waals surface area contributed by atoms with Crippen LogP contribution in [-0.4, -0.2) is 22.7 Å². The molecule has 0 aliphatic carbocycles. The molecule has 0 atom stereocenters. The molecule has 0 radical (unpaired) electrons. The molecule has 1 aromatic heterocycles. The Kier molecular flexibility index (Phi) is 5.74. The molecule has 0 spiro atoms. The maximum absolute atomic E-state index is 14.1. The zero-order valence-electron chi connectivity index (χ0n) is 16.8. The van der Waals surface area contributed by atoms with Gasteiger partial charge in [0.05, 0.1) is 21.9 Å². The first-order valence-electron chi connectivity index (χ1n) is 9.27. The molecule has 4 rings (SSSR count). The molecule has 1 amide bonds.